The maximum atomic E-state index is 12.9. The summed E-state index contributed by atoms with van der Waals surface area (Å²) in [7, 11) is 2.10. The van der Waals surface area contributed by atoms with Gasteiger partial charge in [0.1, 0.15) is 0 Å². The number of likely N-dealkylation sites (N-methyl/N-ethyl adjacent to an activating group) is 1. The first-order valence-corrected chi connectivity index (χ1v) is 10.2. The number of fused-ring (bicyclic) bond motifs is 2. The van der Waals surface area contributed by atoms with Crippen molar-refractivity contribution in [2.24, 2.45) is 5.92 Å². The zero-order valence-electron chi connectivity index (χ0n) is 16.4. The number of benzene rings is 2. The van der Waals surface area contributed by atoms with Gasteiger partial charge in [0.15, 0.2) is 12.4 Å². The van der Waals surface area contributed by atoms with E-state index in [2.05, 4.69) is 41.3 Å². The van der Waals surface area contributed by atoms with Gasteiger partial charge in [-0.3, -0.25) is 4.79 Å². The Hall–Kier alpha value is -2.92. The van der Waals surface area contributed by atoms with E-state index in [4.69, 9.17) is 4.74 Å². The molecule has 0 spiro atoms. The van der Waals surface area contributed by atoms with Gasteiger partial charge in [-0.15, -0.1) is 0 Å². The van der Waals surface area contributed by atoms with E-state index in [0.717, 1.165) is 12.8 Å². The molecule has 0 saturated carbocycles. The second-order valence-corrected chi connectivity index (χ2v) is 8.24. The molecule has 0 bridgehead atoms. The second kappa shape index (κ2) is 7.16. The van der Waals surface area contributed by atoms with E-state index in [9.17, 15) is 9.59 Å². The van der Waals surface area contributed by atoms with Crippen LogP contribution in [0.1, 0.15) is 33.8 Å². The van der Waals surface area contributed by atoms with Crippen LogP contribution >= 0.6 is 0 Å². The minimum atomic E-state index is -0.444. The summed E-state index contributed by atoms with van der Waals surface area (Å²) in [5, 5.41) is 1.32. The lowest BCUT2D eigenvalue weighted by Crippen LogP contribution is -2.50. The number of nitrogens with zero attached hydrogens (tertiary/aromatic N) is 1. The Morgan fingerprint density at radius 1 is 1.14 bits per heavy atom. The summed E-state index contributed by atoms with van der Waals surface area (Å²) in [6.45, 7) is 0.543. The molecule has 1 aliphatic heterocycles. The van der Waals surface area contributed by atoms with E-state index in [1.165, 1.54) is 22.0 Å². The number of carbonyl (C=O) groups is 2. The van der Waals surface area contributed by atoms with Crippen LogP contribution in [-0.4, -0.2) is 47.9 Å². The van der Waals surface area contributed by atoms with Crippen molar-refractivity contribution >= 4 is 22.7 Å². The van der Waals surface area contributed by atoms with E-state index in [0.29, 0.717) is 24.1 Å². The van der Waals surface area contributed by atoms with Gasteiger partial charge in [0, 0.05) is 41.5 Å². The van der Waals surface area contributed by atoms with Crippen LogP contribution in [0.2, 0.25) is 0 Å². The smallest absolute Gasteiger partial charge is 0.338 e. The van der Waals surface area contributed by atoms with Crippen molar-refractivity contribution in [3.05, 3.63) is 71.4 Å². The van der Waals surface area contributed by atoms with E-state index >= 15 is 0 Å². The summed E-state index contributed by atoms with van der Waals surface area (Å²) in [6, 6.07) is 15.6. The number of likely N-dealkylation sites (tertiary alicyclic amines) is 1. The quantitative estimate of drug-likeness (QED) is 0.695. The molecule has 5 rings (SSSR count). The molecule has 0 amide bonds. The highest BCUT2D eigenvalue weighted by Crippen LogP contribution is 2.44. The monoisotopic (exact) mass is 388 g/mol. The summed E-state index contributed by atoms with van der Waals surface area (Å²) in [5.74, 6) is -0.243. The fourth-order valence-electron chi connectivity index (χ4n) is 5.09. The Bertz CT molecular complexity index is 1070. The van der Waals surface area contributed by atoms with Gasteiger partial charge < -0.3 is 14.6 Å². The number of rotatable bonds is 4. The van der Waals surface area contributed by atoms with E-state index in [1.807, 2.05) is 6.07 Å². The summed E-state index contributed by atoms with van der Waals surface area (Å²) in [4.78, 5) is 30.7. The van der Waals surface area contributed by atoms with Crippen LogP contribution in [0.4, 0.5) is 0 Å². The van der Waals surface area contributed by atoms with Crippen LogP contribution in [0.15, 0.2) is 54.7 Å². The molecule has 1 aliphatic carbocycles. The molecule has 2 aliphatic rings. The predicted molar refractivity (Wildman–Crippen MR) is 111 cm³/mol. The topological polar surface area (TPSA) is 62.4 Å². The SMILES string of the molecule is CN1CC(C(=O)COC(=O)c2ccccc2)C[C@@H]2c3cccc4[nH]cc(c34)C[C@H]21. The molecule has 1 saturated heterocycles. The minimum Gasteiger partial charge on any atom is -0.454 e. The van der Waals surface area contributed by atoms with Gasteiger partial charge in [0.05, 0.1) is 5.56 Å². The Morgan fingerprint density at radius 2 is 1.97 bits per heavy atom. The molecule has 0 radical (unpaired) electrons. The molecule has 5 heteroatoms. The third-order valence-electron chi connectivity index (χ3n) is 6.54. The number of hydrogen-bond acceptors (Lipinski definition) is 4. The van der Waals surface area contributed by atoms with Gasteiger partial charge >= 0.3 is 5.97 Å². The molecular formula is C24H24N2O3. The molecule has 1 N–H and O–H groups in total. The molecule has 1 aromatic heterocycles. The number of H-pyrrole nitrogens is 1. The largest absolute Gasteiger partial charge is 0.454 e. The Labute approximate surface area is 169 Å². The van der Waals surface area contributed by atoms with Crippen LogP contribution < -0.4 is 0 Å². The van der Waals surface area contributed by atoms with E-state index in [-0.39, 0.29) is 18.3 Å². The third kappa shape index (κ3) is 3.15. The average Bonchev–Trinajstić information content (AvgIpc) is 3.17. The number of ether oxygens (including phenoxy) is 1. The van der Waals surface area contributed by atoms with Crippen molar-refractivity contribution in [1.29, 1.82) is 0 Å². The lowest BCUT2D eigenvalue weighted by molar-refractivity contribution is -0.128. The molecule has 3 atom stereocenters. The van der Waals surface area contributed by atoms with Gasteiger partial charge in [0.25, 0.3) is 0 Å². The summed E-state index contributed by atoms with van der Waals surface area (Å²) in [5.41, 5.74) is 4.34. The van der Waals surface area contributed by atoms with Crippen LogP contribution in [0, 0.1) is 5.92 Å². The fourth-order valence-corrected chi connectivity index (χ4v) is 5.09. The number of carbonyl (C=O) groups excluding carboxylic acids is 2. The van der Waals surface area contributed by atoms with Crippen molar-refractivity contribution in [3.63, 3.8) is 0 Å². The van der Waals surface area contributed by atoms with Crippen LogP contribution in [0.5, 0.6) is 0 Å². The number of esters is 1. The van der Waals surface area contributed by atoms with Gasteiger partial charge in [-0.05, 0) is 49.2 Å². The van der Waals surface area contributed by atoms with Gasteiger partial charge in [-0.1, -0.05) is 30.3 Å². The molecule has 2 aromatic carbocycles. The number of nitrogens with one attached hydrogen (secondary N) is 1. The van der Waals surface area contributed by atoms with Crippen LogP contribution in [0.25, 0.3) is 10.9 Å². The van der Waals surface area contributed by atoms with Crippen LogP contribution in [-0.2, 0) is 16.0 Å². The number of aromatic amines is 1. The second-order valence-electron chi connectivity index (χ2n) is 8.24. The van der Waals surface area contributed by atoms with Crippen molar-refractivity contribution in [2.45, 2.75) is 24.8 Å². The Balaban J connectivity index is 1.32. The zero-order valence-corrected chi connectivity index (χ0v) is 16.4. The first-order valence-electron chi connectivity index (χ1n) is 10.2. The Kier molecular flexibility index (Phi) is 4.47. The highest BCUT2D eigenvalue weighted by molar-refractivity contribution is 5.92. The number of ketones is 1. The summed E-state index contributed by atoms with van der Waals surface area (Å²) in [6.07, 6.45) is 3.93. The first kappa shape index (κ1) is 18.1. The van der Waals surface area contributed by atoms with Gasteiger partial charge in [0.2, 0.25) is 0 Å². The minimum absolute atomic E-state index is 0.00613. The highest BCUT2D eigenvalue weighted by Gasteiger charge is 2.41. The molecule has 5 nitrogen and oxygen atoms in total. The highest BCUT2D eigenvalue weighted by atomic mass is 16.5. The predicted octanol–water partition coefficient (Wildman–Crippen LogP) is 3.55. The van der Waals surface area contributed by atoms with Crippen molar-refractivity contribution in [2.75, 3.05) is 20.2 Å². The van der Waals surface area contributed by atoms with Crippen molar-refractivity contribution < 1.29 is 14.3 Å². The van der Waals surface area contributed by atoms with E-state index in [1.54, 1.807) is 24.3 Å². The van der Waals surface area contributed by atoms with Crippen molar-refractivity contribution in [1.82, 2.24) is 9.88 Å². The molecule has 1 unspecified atom stereocenters. The number of Topliss-reactive ketones (excluding diaryl/α,β-unsaturated/α-hetero) is 1. The van der Waals surface area contributed by atoms with E-state index < -0.39 is 5.97 Å². The lowest BCUT2D eigenvalue weighted by atomic mass is 9.72. The number of hydrogen-bond donors (Lipinski definition) is 1. The first-order chi connectivity index (χ1) is 14.1. The summed E-state index contributed by atoms with van der Waals surface area (Å²) >= 11 is 0. The number of piperidine rings is 1. The third-order valence-corrected chi connectivity index (χ3v) is 6.54. The molecule has 148 valence electrons. The Morgan fingerprint density at radius 3 is 2.79 bits per heavy atom. The maximum Gasteiger partial charge on any atom is 0.338 e. The zero-order chi connectivity index (χ0) is 20.0. The number of aromatic nitrogens is 1. The standard InChI is InChI=1S/C24H24N2O3/c1-26-13-17(22(27)14-29-24(28)15-6-3-2-4-7-15)10-19-18-8-5-9-20-23(18)16(12-25-20)11-21(19)26/h2-9,12,17,19,21,25H,10-11,13-14H2,1H3/t17?,19-,21-/m1/s1. The normalized spacial score (nSPS) is 23.6. The molecule has 3 aromatic rings. The maximum absolute atomic E-state index is 12.9. The lowest BCUT2D eigenvalue weighted by Gasteiger charge is -2.45. The van der Waals surface area contributed by atoms with Crippen LogP contribution in [0.3, 0.4) is 0 Å². The van der Waals surface area contributed by atoms with Gasteiger partial charge in [-0.25, -0.2) is 4.79 Å². The molecular weight excluding hydrogens is 364 g/mol. The molecule has 1 fully saturated rings. The molecule has 29 heavy (non-hydrogen) atoms. The fraction of sp³-hybridized carbons (Fsp3) is 0.333. The van der Waals surface area contributed by atoms with Crippen molar-refractivity contribution in [3.8, 4) is 0 Å². The summed E-state index contributed by atoms with van der Waals surface area (Å²) < 4.78 is 5.30. The molecule has 2 heterocycles. The average molecular weight is 388 g/mol. The van der Waals surface area contributed by atoms with Gasteiger partial charge in [-0.2, -0.15) is 0 Å².